The zero-order valence-corrected chi connectivity index (χ0v) is 8.39. The Kier molecular flexibility index (Phi) is 7.04. The minimum atomic E-state index is 0.0823. The van der Waals surface area contributed by atoms with Crippen molar-refractivity contribution < 1.29 is 4.79 Å². The van der Waals surface area contributed by atoms with Crippen LogP contribution in [0.5, 0.6) is 0 Å². The summed E-state index contributed by atoms with van der Waals surface area (Å²) in [6, 6.07) is 0.264. The summed E-state index contributed by atoms with van der Waals surface area (Å²) in [6.45, 7) is 5.21. The van der Waals surface area contributed by atoms with Gasteiger partial charge in [0.05, 0.1) is 6.54 Å². The highest BCUT2D eigenvalue weighted by Gasteiger charge is 2.03. The number of carbonyl (C=O) groups is 1. The van der Waals surface area contributed by atoms with Crippen LogP contribution >= 0.6 is 0 Å². The van der Waals surface area contributed by atoms with E-state index in [1.54, 1.807) is 0 Å². The molecule has 0 bridgehead atoms. The van der Waals surface area contributed by atoms with Crippen LogP contribution in [0.25, 0.3) is 0 Å². The zero-order chi connectivity index (χ0) is 10.1. The molecule has 0 aromatic rings. The van der Waals surface area contributed by atoms with Crippen molar-refractivity contribution in [3.8, 4) is 12.3 Å². The van der Waals surface area contributed by atoms with Gasteiger partial charge in [-0.3, -0.25) is 4.79 Å². The average Bonchev–Trinajstić information content (AvgIpc) is 2.12. The summed E-state index contributed by atoms with van der Waals surface area (Å²) in [4.78, 5) is 11.2. The molecule has 74 valence electrons. The van der Waals surface area contributed by atoms with Crippen LogP contribution in [-0.2, 0) is 4.79 Å². The largest absolute Gasteiger partial charge is 0.354 e. The van der Waals surface area contributed by atoms with E-state index >= 15 is 0 Å². The number of nitrogens with one attached hydrogen (secondary N) is 2. The number of rotatable bonds is 6. The number of carbonyl (C=O) groups excluding carboxylic acids is 1. The lowest BCUT2D eigenvalue weighted by molar-refractivity contribution is -0.121. The van der Waals surface area contributed by atoms with Crippen molar-refractivity contribution >= 4 is 5.91 Å². The van der Waals surface area contributed by atoms with Crippen molar-refractivity contribution in [2.45, 2.75) is 32.7 Å². The molecule has 0 aliphatic heterocycles. The highest BCUT2D eigenvalue weighted by atomic mass is 16.1. The van der Waals surface area contributed by atoms with Crippen molar-refractivity contribution in [3.05, 3.63) is 0 Å². The minimum Gasteiger partial charge on any atom is -0.354 e. The summed E-state index contributed by atoms with van der Waals surface area (Å²) < 4.78 is 0. The van der Waals surface area contributed by atoms with Gasteiger partial charge in [-0.2, -0.15) is 0 Å². The predicted molar refractivity (Wildman–Crippen MR) is 54.2 cm³/mol. The van der Waals surface area contributed by atoms with E-state index in [-0.39, 0.29) is 11.9 Å². The molecule has 13 heavy (non-hydrogen) atoms. The van der Waals surface area contributed by atoms with Crippen molar-refractivity contribution in [1.82, 2.24) is 10.6 Å². The zero-order valence-electron chi connectivity index (χ0n) is 8.39. The Hall–Kier alpha value is -1.01. The smallest absolute Gasteiger partial charge is 0.221 e. The summed E-state index contributed by atoms with van der Waals surface area (Å²) in [5.41, 5.74) is 0. The van der Waals surface area contributed by atoms with Crippen LogP contribution in [0.3, 0.4) is 0 Å². The monoisotopic (exact) mass is 182 g/mol. The van der Waals surface area contributed by atoms with Crippen LogP contribution in [0.15, 0.2) is 0 Å². The third-order valence-electron chi connectivity index (χ3n) is 1.78. The molecule has 0 rings (SSSR count). The first-order valence-electron chi connectivity index (χ1n) is 4.64. The number of hydrogen-bond donors (Lipinski definition) is 2. The van der Waals surface area contributed by atoms with Gasteiger partial charge in [0.2, 0.25) is 5.91 Å². The molecule has 0 fully saturated rings. The van der Waals surface area contributed by atoms with Crippen molar-refractivity contribution in [1.29, 1.82) is 0 Å². The van der Waals surface area contributed by atoms with Crippen LogP contribution in [0.2, 0.25) is 0 Å². The molecule has 0 radical (unpaired) electrons. The molecular weight excluding hydrogens is 164 g/mol. The van der Waals surface area contributed by atoms with Crippen LogP contribution in [0.4, 0.5) is 0 Å². The predicted octanol–water partition coefficient (Wildman–Crippen LogP) is 0.514. The molecule has 1 amide bonds. The van der Waals surface area contributed by atoms with Crippen LogP contribution in [0, 0.1) is 12.3 Å². The standard InChI is InChI=1S/C10H18N2O/c1-4-7-11-8-6-10(13)12-9(3)5-2/h1,9,11H,5-8H2,2-3H3,(H,12,13). The molecule has 0 aliphatic rings. The van der Waals surface area contributed by atoms with Gasteiger partial charge in [0.15, 0.2) is 0 Å². The van der Waals surface area contributed by atoms with E-state index in [0.29, 0.717) is 19.5 Å². The second-order valence-corrected chi connectivity index (χ2v) is 3.01. The van der Waals surface area contributed by atoms with Gasteiger partial charge in [0.1, 0.15) is 0 Å². The SMILES string of the molecule is C#CCNCCC(=O)NC(C)CC. The van der Waals surface area contributed by atoms with Crippen LogP contribution in [-0.4, -0.2) is 25.0 Å². The maximum Gasteiger partial charge on any atom is 0.221 e. The van der Waals surface area contributed by atoms with E-state index in [0.717, 1.165) is 6.42 Å². The Bertz CT molecular complexity index is 184. The fraction of sp³-hybridized carbons (Fsp3) is 0.700. The Labute approximate surface area is 80.3 Å². The van der Waals surface area contributed by atoms with E-state index < -0.39 is 0 Å². The van der Waals surface area contributed by atoms with E-state index in [9.17, 15) is 4.79 Å². The van der Waals surface area contributed by atoms with Gasteiger partial charge < -0.3 is 10.6 Å². The molecule has 0 spiro atoms. The summed E-state index contributed by atoms with van der Waals surface area (Å²) >= 11 is 0. The Morgan fingerprint density at radius 3 is 2.85 bits per heavy atom. The lowest BCUT2D eigenvalue weighted by Gasteiger charge is -2.10. The van der Waals surface area contributed by atoms with Gasteiger partial charge in [-0.1, -0.05) is 12.8 Å². The maximum absolute atomic E-state index is 11.2. The van der Waals surface area contributed by atoms with Crippen LogP contribution < -0.4 is 10.6 Å². The number of terminal acetylenes is 1. The van der Waals surface area contributed by atoms with Gasteiger partial charge >= 0.3 is 0 Å². The van der Waals surface area contributed by atoms with E-state index in [4.69, 9.17) is 6.42 Å². The molecular formula is C10H18N2O. The van der Waals surface area contributed by atoms with Gasteiger partial charge in [0.25, 0.3) is 0 Å². The second kappa shape index (κ2) is 7.63. The molecule has 0 heterocycles. The molecule has 0 saturated heterocycles. The van der Waals surface area contributed by atoms with Gasteiger partial charge in [0, 0.05) is 19.0 Å². The first-order valence-corrected chi connectivity index (χ1v) is 4.64. The fourth-order valence-corrected chi connectivity index (χ4v) is 0.812. The molecule has 0 saturated carbocycles. The first-order chi connectivity index (χ1) is 6.20. The summed E-state index contributed by atoms with van der Waals surface area (Å²) in [6.07, 6.45) is 6.49. The Balaban J connectivity index is 3.36. The molecule has 1 atom stereocenters. The minimum absolute atomic E-state index is 0.0823. The van der Waals surface area contributed by atoms with Crippen molar-refractivity contribution in [3.63, 3.8) is 0 Å². The molecule has 0 aromatic heterocycles. The Morgan fingerprint density at radius 2 is 2.31 bits per heavy atom. The van der Waals surface area contributed by atoms with E-state index in [1.165, 1.54) is 0 Å². The van der Waals surface area contributed by atoms with E-state index in [2.05, 4.69) is 16.6 Å². The molecule has 1 unspecified atom stereocenters. The molecule has 0 aromatic carbocycles. The molecule has 3 heteroatoms. The number of hydrogen-bond acceptors (Lipinski definition) is 2. The average molecular weight is 182 g/mol. The quantitative estimate of drug-likeness (QED) is 0.464. The normalized spacial score (nSPS) is 11.8. The third-order valence-corrected chi connectivity index (χ3v) is 1.78. The topological polar surface area (TPSA) is 41.1 Å². The lowest BCUT2D eigenvalue weighted by atomic mass is 10.2. The van der Waals surface area contributed by atoms with Gasteiger partial charge in [-0.15, -0.1) is 6.42 Å². The summed E-state index contributed by atoms with van der Waals surface area (Å²) in [5, 5.41) is 5.84. The molecule has 2 N–H and O–H groups in total. The lowest BCUT2D eigenvalue weighted by Crippen LogP contribution is -2.34. The van der Waals surface area contributed by atoms with Crippen molar-refractivity contribution in [2.24, 2.45) is 0 Å². The Morgan fingerprint density at radius 1 is 1.62 bits per heavy atom. The molecule has 3 nitrogen and oxygen atoms in total. The van der Waals surface area contributed by atoms with Crippen LogP contribution in [0.1, 0.15) is 26.7 Å². The highest BCUT2D eigenvalue weighted by molar-refractivity contribution is 5.76. The highest BCUT2D eigenvalue weighted by Crippen LogP contribution is 1.88. The number of amides is 1. The van der Waals surface area contributed by atoms with Crippen molar-refractivity contribution in [2.75, 3.05) is 13.1 Å². The second-order valence-electron chi connectivity index (χ2n) is 3.01. The first kappa shape index (κ1) is 12.0. The summed E-state index contributed by atoms with van der Waals surface area (Å²) in [5.74, 6) is 2.53. The van der Waals surface area contributed by atoms with Gasteiger partial charge in [-0.05, 0) is 13.3 Å². The fourth-order valence-electron chi connectivity index (χ4n) is 0.812. The van der Waals surface area contributed by atoms with E-state index in [1.807, 2.05) is 13.8 Å². The van der Waals surface area contributed by atoms with Gasteiger partial charge in [-0.25, -0.2) is 0 Å². The third kappa shape index (κ3) is 7.35. The maximum atomic E-state index is 11.2. The summed E-state index contributed by atoms with van der Waals surface area (Å²) in [7, 11) is 0. The molecule has 0 aliphatic carbocycles.